The van der Waals surface area contributed by atoms with Gasteiger partial charge in [-0.05, 0) is 33.1 Å². The van der Waals surface area contributed by atoms with Crippen molar-refractivity contribution in [3.8, 4) is 0 Å². The minimum absolute atomic E-state index is 0.0484. The van der Waals surface area contributed by atoms with Gasteiger partial charge < -0.3 is 20.5 Å². The number of ketones is 1. The summed E-state index contributed by atoms with van der Waals surface area (Å²) in [6.07, 6.45) is 17.6. The standard InChI is InChI=1S/C28H50N2O5/c1-23(2)22-29-26(32)21-20-25(28(34)35)30-27(33)19-17-15-13-11-9-7-5-4-6-8-10-12-14-16-18-24(3)31/h25H,1,4-22H2,2-3H3,(H,29,32)(H,30,33)(H,34,35). The van der Waals surface area contributed by atoms with E-state index in [0.717, 1.165) is 37.7 Å². The van der Waals surface area contributed by atoms with Crippen LogP contribution in [0.5, 0.6) is 0 Å². The Bertz CT molecular complexity index is 633. The molecule has 0 heterocycles. The van der Waals surface area contributed by atoms with Crippen LogP contribution in [0.4, 0.5) is 0 Å². The average molecular weight is 495 g/mol. The lowest BCUT2D eigenvalue weighted by molar-refractivity contribution is -0.142. The van der Waals surface area contributed by atoms with Gasteiger partial charge in [-0.3, -0.25) is 9.59 Å². The largest absolute Gasteiger partial charge is 0.480 e. The molecular weight excluding hydrogens is 444 g/mol. The van der Waals surface area contributed by atoms with Crippen molar-refractivity contribution in [2.45, 2.75) is 135 Å². The molecule has 0 fully saturated rings. The first-order valence-electron chi connectivity index (χ1n) is 13.6. The molecule has 0 aromatic heterocycles. The second-order valence-corrected chi connectivity index (χ2v) is 9.88. The quantitative estimate of drug-likeness (QED) is 0.115. The molecule has 0 bridgehead atoms. The third-order valence-corrected chi connectivity index (χ3v) is 6.06. The Kier molecular flexibility index (Phi) is 20.9. The van der Waals surface area contributed by atoms with E-state index in [-0.39, 0.29) is 24.7 Å². The number of Topliss-reactive ketones (excluding diaryl/α,β-unsaturated/α-hetero) is 1. The molecule has 0 spiro atoms. The van der Waals surface area contributed by atoms with Crippen LogP contribution in [0.2, 0.25) is 0 Å². The minimum atomic E-state index is -1.12. The highest BCUT2D eigenvalue weighted by Crippen LogP contribution is 2.14. The van der Waals surface area contributed by atoms with E-state index in [9.17, 15) is 24.3 Å². The molecule has 35 heavy (non-hydrogen) atoms. The van der Waals surface area contributed by atoms with Crippen molar-refractivity contribution >= 4 is 23.6 Å². The maximum absolute atomic E-state index is 12.1. The van der Waals surface area contributed by atoms with Crippen molar-refractivity contribution < 1.29 is 24.3 Å². The predicted octanol–water partition coefficient (Wildman–Crippen LogP) is 5.86. The van der Waals surface area contributed by atoms with E-state index in [0.29, 0.717) is 18.7 Å². The number of hydrogen-bond acceptors (Lipinski definition) is 4. The first-order valence-corrected chi connectivity index (χ1v) is 13.6. The molecule has 1 atom stereocenters. The van der Waals surface area contributed by atoms with Crippen molar-refractivity contribution in [3.63, 3.8) is 0 Å². The summed E-state index contributed by atoms with van der Waals surface area (Å²) in [5, 5.41) is 14.5. The van der Waals surface area contributed by atoms with Crippen LogP contribution in [0.3, 0.4) is 0 Å². The van der Waals surface area contributed by atoms with Crippen molar-refractivity contribution in [3.05, 3.63) is 12.2 Å². The fourth-order valence-electron chi connectivity index (χ4n) is 3.92. The normalized spacial score (nSPS) is 11.6. The summed E-state index contributed by atoms with van der Waals surface area (Å²) in [4.78, 5) is 46.1. The Morgan fingerprint density at radius 2 is 1.09 bits per heavy atom. The predicted molar refractivity (Wildman–Crippen MR) is 141 cm³/mol. The van der Waals surface area contributed by atoms with Crippen LogP contribution >= 0.6 is 0 Å². The van der Waals surface area contributed by atoms with Crippen LogP contribution in [0, 0.1) is 0 Å². The van der Waals surface area contributed by atoms with Gasteiger partial charge in [-0.25, -0.2) is 4.79 Å². The summed E-state index contributed by atoms with van der Waals surface area (Å²) >= 11 is 0. The number of aliphatic carboxylic acids is 1. The fourth-order valence-corrected chi connectivity index (χ4v) is 3.92. The SMILES string of the molecule is C=C(C)CNC(=O)CCC(NC(=O)CCCCCCCCCCCCCCCCC(C)=O)C(=O)O. The van der Waals surface area contributed by atoms with E-state index in [1.807, 2.05) is 0 Å². The first kappa shape index (κ1) is 32.8. The molecule has 0 saturated heterocycles. The number of carbonyl (C=O) groups is 4. The highest BCUT2D eigenvalue weighted by molar-refractivity contribution is 5.84. The number of carbonyl (C=O) groups excluding carboxylic acids is 3. The van der Waals surface area contributed by atoms with Crippen molar-refractivity contribution in [1.29, 1.82) is 0 Å². The van der Waals surface area contributed by atoms with E-state index >= 15 is 0 Å². The average Bonchev–Trinajstić information content (AvgIpc) is 2.79. The van der Waals surface area contributed by atoms with Gasteiger partial charge in [-0.2, -0.15) is 0 Å². The van der Waals surface area contributed by atoms with Gasteiger partial charge in [-0.15, -0.1) is 0 Å². The summed E-state index contributed by atoms with van der Waals surface area (Å²) in [5.41, 5.74) is 0.821. The topological polar surface area (TPSA) is 113 Å². The zero-order chi connectivity index (χ0) is 26.3. The van der Waals surface area contributed by atoms with Crippen LogP contribution in [0.1, 0.15) is 129 Å². The molecule has 0 aromatic rings. The Labute approximate surface area is 212 Å². The van der Waals surface area contributed by atoms with Crippen LogP contribution in [0.25, 0.3) is 0 Å². The van der Waals surface area contributed by atoms with Gasteiger partial charge in [0, 0.05) is 25.8 Å². The molecule has 0 aliphatic heterocycles. The second-order valence-electron chi connectivity index (χ2n) is 9.88. The van der Waals surface area contributed by atoms with Gasteiger partial charge >= 0.3 is 5.97 Å². The molecule has 2 amide bonds. The summed E-state index contributed by atoms with van der Waals surface area (Å²) in [7, 11) is 0. The number of rotatable bonds is 24. The van der Waals surface area contributed by atoms with E-state index < -0.39 is 12.0 Å². The Morgan fingerprint density at radius 3 is 1.49 bits per heavy atom. The number of carboxylic acids is 1. The Morgan fingerprint density at radius 1 is 0.657 bits per heavy atom. The molecule has 0 rings (SSSR count). The monoisotopic (exact) mass is 494 g/mol. The number of nitrogens with one attached hydrogen (secondary N) is 2. The summed E-state index contributed by atoms with van der Waals surface area (Å²) < 4.78 is 0. The molecule has 0 radical (unpaired) electrons. The lowest BCUT2D eigenvalue weighted by atomic mass is 10.0. The Hall–Kier alpha value is -2.18. The summed E-state index contributed by atoms with van der Waals surface area (Å²) in [5.74, 6) is -1.33. The number of hydrogen-bond donors (Lipinski definition) is 3. The summed E-state index contributed by atoms with van der Waals surface area (Å²) in [6, 6.07) is -1.04. The van der Waals surface area contributed by atoms with Gasteiger partial charge in [0.2, 0.25) is 11.8 Å². The van der Waals surface area contributed by atoms with Crippen LogP contribution < -0.4 is 10.6 Å². The molecule has 3 N–H and O–H groups in total. The summed E-state index contributed by atoms with van der Waals surface area (Å²) in [6.45, 7) is 7.53. The highest BCUT2D eigenvalue weighted by Gasteiger charge is 2.20. The van der Waals surface area contributed by atoms with Gasteiger partial charge in [0.05, 0.1) is 0 Å². The van der Waals surface area contributed by atoms with Crippen LogP contribution in [0.15, 0.2) is 12.2 Å². The van der Waals surface area contributed by atoms with Crippen molar-refractivity contribution in [2.75, 3.05) is 6.54 Å². The third kappa shape index (κ3) is 23.3. The number of amides is 2. The van der Waals surface area contributed by atoms with E-state index in [4.69, 9.17) is 0 Å². The molecule has 0 aliphatic rings. The zero-order valence-corrected chi connectivity index (χ0v) is 22.3. The molecule has 7 heteroatoms. The Balaban J connectivity index is 3.60. The smallest absolute Gasteiger partial charge is 0.326 e. The van der Waals surface area contributed by atoms with E-state index in [1.54, 1.807) is 13.8 Å². The van der Waals surface area contributed by atoms with Crippen LogP contribution in [-0.2, 0) is 19.2 Å². The van der Waals surface area contributed by atoms with Gasteiger partial charge in [0.25, 0.3) is 0 Å². The number of carboxylic acid groups (broad SMARTS) is 1. The lowest BCUT2D eigenvalue weighted by Crippen LogP contribution is -2.41. The molecule has 1 unspecified atom stereocenters. The minimum Gasteiger partial charge on any atom is -0.480 e. The molecule has 0 aliphatic carbocycles. The third-order valence-electron chi connectivity index (χ3n) is 6.06. The first-order chi connectivity index (χ1) is 16.7. The molecule has 7 nitrogen and oxygen atoms in total. The molecular formula is C28H50N2O5. The maximum Gasteiger partial charge on any atom is 0.326 e. The molecule has 0 saturated carbocycles. The van der Waals surface area contributed by atoms with Gasteiger partial charge in [0.1, 0.15) is 11.8 Å². The molecule has 202 valence electrons. The van der Waals surface area contributed by atoms with Crippen molar-refractivity contribution in [1.82, 2.24) is 10.6 Å². The van der Waals surface area contributed by atoms with E-state index in [2.05, 4.69) is 17.2 Å². The molecule has 0 aromatic carbocycles. The zero-order valence-electron chi connectivity index (χ0n) is 22.3. The highest BCUT2D eigenvalue weighted by atomic mass is 16.4. The van der Waals surface area contributed by atoms with Gasteiger partial charge in [-0.1, -0.05) is 89.2 Å². The van der Waals surface area contributed by atoms with Gasteiger partial charge in [0.15, 0.2) is 0 Å². The second kappa shape index (κ2) is 22.3. The fraction of sp³-hybridized carbons (Fsp3) is 0.786. The van der Waals surface area contributed by atoms with E-state index in [1.165, 1.54) is 64.2 Å². The maximum atomic E-state index is 12.1. The number of unbranched alkanes of at least 4 members (excludes halogenated alkanes) is 13. The van der Waals surface area contributed by atoms with Crippen LogP contribution in [-0.4, -0.2) is 41.3 Å². The lowest BCUT2D eigenvalue weighted by Gasteiger charge is -2.14. The van der Waals surface area contributed by atoms with Crippen molar-refractivity contribution in [2.24, 2.45) is 0 Å².